The molecule has 1 unspecified atom stereocenters. The first-order valence-corrected chi connectivity index (χ1v) is 6.85. The van der Waals surface area contributed by atoms with Crippen LogP contribution >= 0.6 is 11.3 Å². The average molecular weight is 288 g/mol. The quantitative estimate of drug-likeness (QED) is 0.774. The monoisotopic (exact) mass is 288 g/mol. The predicted octanol–water partition coefficient (Wildman–Crippen LogP) is 3.45. The highest BCUT2D eigenvalue weighted by molar-refractivity contribution is 7.19. The number of carboxylic acids is 1. The maximum atomic E-state index is 10.8. The zero-order valence-corrected chi connectivity index (χ0v) is 11.5. The van der Waals surface area contributed by atoms with Crippen LogP contribution in [0.15, 0.2) is 46.9 Å². The van der Waals surface area contributed by atoms with Gasteiger partial charge >= 0.3 is 5.97 Å². The van der Waals surface area contributed by atoms with E-state index in [1.165, 1.54) is 23.5 Å². The van der Waals surface area contributed by atoms with Crippen molar-refractivity contribution in [3.05, 3.63) is 58.9 Å². The van der Waals surface area contributed by atoms with Crippen molar-refractivity contribution in [1.29, 1.82) is 0 Å². The summed E-state index contributed by atoms with van der Waals surface area (Å²) in [5.41, 5.74) is -1.35. The van der Waals surface area contributed by atoms with Crippen LogP contribution in [0.3, 0.4) is 0 Å². The largest absolute Gasteiger partial charge is 0.475 e. The molecule has 2 aromatic heterocycles. The van der Waals surface area contributed by atoms with E-state index in [4.69, 9.17) is 9.52 Å². The number of hydrogen-bond acceptors (Lipinski definition) is 4. The van der Waals surface area contributed by atoms with Gasteiger partial charge in [-0.25, -0.2) is 4.79 Å². The summed E-state index contributed by atoms with van der Waals surface area (Å²) in [6.07, 6.45) is 0. The summed E-state index contributed by atoms with van der Waals surface area (Å²) in [6, 6.07) is 12.5. The highest BCUT2D eigenvalue weighted by Gasteiger charge is 2.32. The molecule has 0 spiro atoms. The SMILES string of the molecule is CC(O)(c1ccc(C(=O)O)o1)c1cc2ccccc2s1. The molecular weight excluding hydrogens is 276 g/mol. The lowest BCUT2D eigenvalue weighted by molar-refractivity contribution is 0.0610. The van der Waals surface area contributed by atoms with E-state index in [1.54, 1.807) is 6.92 Å². The molecule has 4 nitrogen and oxygen atoms in total. The number of rotatable bonds is 3. The van der Waals surface area contributed by atoms with Crippen molar-refractivity contribution in [1.82, 2.24) is 0 Å². The lowest BCUT2D eigenvalue weighted by atomic mass is 10.0. The summed E-state index contributed by atoms with van der Waals surface area (Å²) in [5, 5.41) is 20.6. The van der Waals surface area contributed by atoms with Crippen LogP contribution in [-0.2, 0) is 5.60 Å². The number of fused-ring (bicyclic) bond motifs is 1. The van der Waals surface area contributed by atoms with E-state index >= 15 is 0 Å². The van der Waals surface area contributed by atoms with Crippen molar-refractivity contribution < 1.29 is 19.4 Å². The Balaban J connectivity index is 2.07. The third-order valence-corrected chi connectivity index (χ3v) is 4.53. The Kier molecular flexibility index (Phi) is 2.88. The number of carboxylic acid groups (broad SMARTS) is 1. The fraction of sp³-hybridized carbons (Fsp3) is 0.133. The lowest BCUT2D eigenvalue weighted by Crippen LogP contribution is -2.20. The second-order valence-corrected chi connectivity index (χ2v) is 5.77. The first kappa shape index (κ1) is 12.9. The van der Waals surface area contributed by atoms with Crippen molar-refractivity contribution in [3.63, 3.8) is 0 Å². The fourth-order valence-electron chi connectivity index (χ4n) is 2.06. The lowest BCUT2D eigenvalue weighted by Gasteiger charge is -2.18. The Hall–Kier alpha value is -2.11. The van der Waals surface area contributed by atoms with Crippen molar-refractivity contribution in [3.8, 4) is 0 Å². The number of benzene rings is 1. The van der Waals surface area contributed by atoms with Crippen LogP contribution in [0.2, 0.25) is 0 Å². The van der Waals surface area contributed by atoms with Crippen LogP contribution in [0.1, 0.15) is 28.1 Å². The number of thiophene rings is 1. The predicted molar refractivity (Wildman–Crippen MR) is 76.2 cm³/mol. The normalized spacial score (nSPS) is 14.3. The van der Waals surface area contributed by atoms with Crippen LogP contribution in [0.5, 0.6) is 0 Å². The van der Waals surface area contributed by atoms with Crippen LogP contribution in [0.25, 0.3) is 10.1 Å². The molecule has 0 fully saturated rings. The molecule has 0 saturated carbocycles. The molecule has 3 rings (SSSR count). The molecule has 1 aromatic carbocycles. The number of aromatic carboxylic acids is 1. The molecule has 5 heteroatoms. The molecule has 0 amide bonds. The Morgan fingerprint density at radius 3 is 2.65 bits per heavy atom. The molecule has 2 heterocycles. The topological polar surface area (TPSA) is 70.7 Å². The molecule has 0 aliphatic rings. The number of hydrogen-bond donors (Lipinski definition) is 2. The standard InChI is InChI=1S/C15H12O4S/c1-15(18,12-7-6-10(19-12)14(16)17)13-8-9-4-2-3-5-11(9)20-13/h2-8,18H,1H3,(H,16,17). The first-order chi connectivity index (χ1) is 9.48. The Morgan fingerprint density at radius 1 is 1.25 bits per heavy atom. The van der Waals surface area contributed by atoms with E-state index in [0.717, 1.165) is 10.1 Å². The van der Waals surface area contributed by atoms with E-state index in [-0.39, 0.29) is 11.5 Å². The minimum Gasteiger partial charge on any atom is -0.475 e. The molecule has 0 bridgehead atoms. The zero-order valence-electron chi connectivity index (χ0n) is 10.7. The molecule has 20 heavy (non-hydrogen) atoms. The van der Waals surface area contributed by atoms with E-state index < -0.39 is 11.6 Å². The van der Waals surface area contributed by atoms with Crippen LogP contribution in [0.4, 0.5) is 0 Å². The van der Waals surface area contributed by atoms with Crippen LogP contribution < -0.4 is 0 Å². The molecule has 2 N–H and O–H groups in total. The van der Waals surface area contributed by atoms with Gasteiger partial charge in [0.25, 0.3) is 0 Å². The van der Waals surface area contributed by atoms with Gasteiger partial charge in [0.15, 0.2) is 5.60 Å². The second-order valence-electron chi connectivity index (χ2n) is 4.69. The van der Waals surface area contributed by atoms with Gasteiger partial charge in [-0.3, -0.25) is 0 Å². The average Bonchev–Trinajstić information content (AvgIpc) is 3.06. The van der Waals surface area contributed by atoms with Crippen molar-refractivity contribution in [2.75, 3.05) is 0 Å². The van der Waals surface area contributed by atoms with Gasteiger partial charge in [-0.1, -0.05) is 18.2 Å². The highest BCUT2D eigenvalue weighted by Crippen LogP contribution is 2.37. The first-order valence-electron chi connectivity index (χ1n) is 6.03. The van der Waals surface area contributed by atoms with E-state index in [0.29, 0.717) is 4.88 Å². The van der Waals surface area contributed by atoms with Gasteiger partial charge < -0.3 is 14.6 Å². The number of furan rings is 1. The molecule has 0 aliphatic carbocycles. The van der Waals surface area contributed by atoms with Gasteiger partial charge in [0.05, 0.1) is 0 Å². The Morgan fingerprint density at radius 2 is 2.00 bits per heavy atom. The smallest absolute Gasteiger partial charge is 0.371 e. The van der Waals surface area contributed by atoms with Gasteiger partial charge in [0.1, 0.15) is 5.76 Å². The fourth-order valence-corrected chi connectivity index (χ4v) is 3.17. The Bertz CT molecular complexity index is 749. The van der Waals surface area contributed by atoms with Crippen molar-refractivity contribution in [2.24, 2.45) is 0 Å². The summed E-state index contributed by atoms with van der Waals surface area (Å²) in [6.45, 7) is 1.60. The second kappa shape index (κ2) is 4.47. The minimum atomic E-state index is -1.35. The van der Waals surface area contributed by atoms with Gasteiger partial charge in [-0.05, 0) is 36.6 Å². The molecule has 0 radical (unpaired) electrons. The maximum absolute atomic E-state index is 10.8. The summed E-state index contributed by atoms with van der Waals surface area (Å²) in [5.74, 6) is -1.11. The molecule has 0 aliphatic heterocycles. The summed E-state index contributed by atoms with van der Waals surface area (Å²) >= 11 is 1.46. The summed E-state index contributed by atoms with van der Waals surface area (Å²) < 4.78 is 6.28. The summed E-state index contributed by atoms with van der Waals surface area (Å²) in [7, 11) is 0. The van der Waals surface area contributed by atoms with E-state index in [2.05, 4.69) is 0 Å². The van der Waals surface area contributed by atoms with E-state index in [1.807, 2.05) is 30.3 Å². The van der Waals surface area contributed by atoms with Gasteiger partial charge in [0, 0.05) is 9.58 Å². The highest BCUT2D eigenvalue weighted by atomic mass is 32.1. The molecule has 3 aromatic rings. The van der Waals surface area contributed by atoms with Gasteiger partial charge in [-0.2, -0.15) is 0 Å². The van der Waals surface area contributed by atoms with Gasteiger partial charge in [0.2, 0.25) is 5.76 Å². The maximum Gasteiger partial charge on any atom is 0.371 e. The van der Waals surface area contributed by atoms with Crippen molar-refractivity contribution in [2.45, 2.75) is 12.5 Å². The zero-order chi connectivity index (χ0) is 14.3. The van der Waals surface area contributed by atoms with Crippen LogP contribution in [-0.4, -0.2) is 16.2 Å². The Labute approximate surface area is 118 Å². The number of carbonyl (C=O) groups is 1. The molecule has 102 valence electrons. The summed E-state index contributed by atoms with van der Waals surface area (Å²) in [4.78, 5) is 11.6. The van der Waals surface area contributed by atoms with Crippen LogP contribution in [0, 0.1) is 0 Å². The number of aliphatic hydroxyl groups is 1. The third-order valence-electron chi connectivity index (χ3n) is 3.20. The molecular formula is C15H12O4S. The molecule has 1 atom stereocenters. The van der Waals surface area contributed by atoms with Gasteiger partial charge in [-0.15, -0.1) is 11.3 Å². The van der Waals surface area contributed by atoms with Crippen molar-refractivity contribution >= 4 is 27.4 Å². The minimum absolute atomic E-state index is 0.179. The third kappa shape index (κ3) is 2.01. The van der Waals surface area contributed by atoms with E-state index in [9.17, 15) is 9.90 Å². The molecule has 0 saturated heterocycles.